The van der Waals surface area contributed by atoms with Gasteiger partial charge in [0.05, 0.1) is 12.0 Å². The molecule has 1 atom stereocenters. The first-order chi connectivity index (χ1) is 13.0. The number of benzene rings is 1. The van der Waals surface area contributed by atoms with Gasteiger partial charge in [0.25, 0.3) is 5.91 Å². The number of amides is 3. The van der Waals surface area contributed by atoms with Gasteiger partial charge in [-0.25, -0.2) is 5.01 Å². The molecule has 0 N–H and O–H groups in total. The first-order valence-electron chi connectivity index (χ1n) is 8.55. The SMILES string of the molecule is O=C1CCC(=O)N1CC(=O)N1N=C(c2ccc(Cl)cc2)C[C@H]1c1ccco1. The van der Waals surface area contributed by atoms with E-state index < -0.39 is 11.9 Å². The standard InChI is InChI=1S/C19H16ClN3O4/c20-13-5-3-12(4-6-13)14-10-15(16-2-1-9-27-16)23(21-14)19(26)11-22-17(24)7-8-18(22)25/h1-6,9,15H,7-8,10-11H2/t15-/m0/s1. The van der Waals surface area contributed by atoms with Gasteiger partial charge in [-0.2, -0.15) is 5.10 Å². The zero-order valence-electron chi connectivity index (χ0n) is 14.3. The molecule has 0 saturated carbocycles. The van der Waals surface area contributed by atoms with Crippen molar-refractivity contribution in [3.8, 4) is 0 Å². The Morgan fingerprint density at radius 1 is 1.15 bits per heavy atom. The number of likely N-dealkylation sites (tertiary alicyclic amines) is 1. The molecule has 3 amide bonds. The van der Waals surface area contributed by atoms with E-state index in [1.54, 1.807) is 24.3 Å². The van der Waals surface area contributed by atoms with Crippen molar-refractivity contribution in [2.45, 2.75) is 25.3 Å². The molecule has 7 nitrogen and oxygen atoms in total. The van der Waals surface area contributed by atoms with Crippen molar-refractivity contribution in [2.75, 3.05) is 6.54 Å². The van der Waals surface area contributed by atoms with Crippen molar-refractivity contribution in [1.82, 2.24) is 9.91 Å². The van der Waals surface area contributed by atoms with E-state index in [0.29, 0.717) is 22.9 Å². The number of hydrogen-bond acceptors (Lipinski definition) is 5. The van der Waals surface area contributed by atoms with E-state index in [1.807, 2.05) is 12.1 Å². The van der Waals surface area contributed by atoms with Crippen LogP contribution in [0, 0.1) is 0 Å². The van der Waals surface area contributed by atoms with Crippen LogP contribution in [0.1, 0.15) is 36.6 Å². The summed E-state index contributed by atoms with van der Waals surface area (Å²) in [4.78, 5) is 37.5. The van der Waals surface area contributed by atoms with Crippen molar-refractivity contribution in [3.63, 3.8) is 0 Å². The lowest BCUT2D eigenvalue weighted by molar-refractivity contribution is -0.146. The van der Waals surface area contributed by atoms with Crippen LogP contribution >= 0.6 is 11.6 Å². The molecule has 27 heavy (non-hydrogen) atoms. The third-order valence-electron chi connectivity index (χ3n) is 4.66. The van der Waals surface area contributed by atoms with Gasteiger partial charge in [-0.1, -0.05) is 23.7 Å². The highest BCUT2D eigenvalue weighted by molar-refractivity contribution is 6.30. The molecule has 1 aromatic heterocycles. The number of rotatable bonds is 4. The number of carbonyl (C=O) groups is 3. The molecule has 3 heterocycles. The summed E-state index contributed by atoms with van der Waals surface area (Å²) in [6.45, 7) is -0.313. The summed E-state index contributed by atoms with van der Waals surface area (Å²) < 4.78 is 5.48. The zero-order chi connectivity index (χ0) is 19.0. The average molecular weight is 386 g/mol. The predicted octanol–water partition coefficient (Wildman–Crippen LogP) is 2.76. The minimum Gasteiger partial charge on any atom is -0.467 e. The maximum absolute atomic E-state index is 12.8. The number of furan rings is 1. The number of hydrogen-bond donors (Lipinski definition) is 0. The first kappa shape index (κ1) is 17.5. The van der Waals surface area contributed by atoms with Crippen LogP contribution in [0.5, 0.6) is 0 Å². The van der Waals surface area contributed by atoms with E-state index >= 15 is 0 Å². The summed E-state index contributed by atoms with van der Waals surface area (Å²) in [5.41, 5.74) is 1.56. The molecule has 138 valence electrons. The maximum Gasteiger partial charge on any atom is 0.263 e. The van der Waals surface area contributed by atoms with E-state index in [1.165, 1.54) is 11.3 Å². The van der Waals surface area contributed by atoms with Crippen molar-refractivity contribution in [3.05, 3.63) is 59.0 Å². The lowest BCUT2D eigenvalue weighted by Gasteiger charge is -2.22. The lowest BCUT2D eigenvalue weighted by atomic mass is 10.0. The van der Waals surface area contributed by atoms with Crippen LogP contribution in [0.15, 0.2) is 52.2 Å². The summed E-state index contributed by atoms with van der Waals surface area (Å²) in [6.07, 6.45) is 2.29. The Bertz CT molecular complexity index is 905. The summed E-state index contributed by atoms with van der Waals surface area (Å²) in [5.74, 6) is -0.493. The molecule has 4 rings (SSSR count). The third kappa shape index (κ3) is 3.38. The number of hydrazone groups is 1. The molecule has 0 unspecified atom stereocenters. The van der Waals surface area contributed by atoms with Gasteiger partial charge < -0.3 is 4.42 Å². The van der Waals surface area contributed by atoms with Gasteiger partial charge in [-0.15, -0.1) is 0 Å². The predicted molar refractivity (Wildman–Crippen MR) is 96.9 cm³/mol. The van der Waals surface area contributed by atoms with Crippen LogP contribution in [0.25, 0.3) is 0 Å². The Morgan fingerprint density at radius 2 is 1.85 bits per heavy atom. The van der Waals surface area contributed by atoms with Gasteiger partial charge in [0.1, 0.15) is 18.3 Å². The normalized spacial score (nSPS) is 19.7. The number of halogens is 1. The van der Waals surface area contributed by atoms with Gasteiger partial charge in [-0.05, 0) is 29.8 Å². The van der Waals surface area contributed by atoms with Crippen molar-refractivity contribution < 1.29 is 18.8 Å². The molecule has 0 bridgehead atoms. The molecule has 2 aliphatic heterocycles. The minimum atomic E-state index is -0.427. The van der Waals surface area contributed by atoms with Gasteiger partial charge in [0.2, 0.25) is 11.8 Å². The van der Waals surface area contributed by atoms with Crippen LogP contribution in [0.2, 0.25) is 5.02 Å². The monoisotopic (exact) mass is 385 g/mol. The molecule has 0 spiro atoms. The molecular weight excluding hydrogens is 370 g/mol. The van der Waals surface area contributed by atoms with E-state index in [9.17, 15) is 14.4 Å². The summed E-state index contributed by atoms with van der Waals surface area (Å²) >= 11 is 5.94. The Labute approximate surface area is 160 Å². The fourth-order valence-corrected chi connectivity index (χ4v) is 3.39. The minimum absolute atomic E-state index is 0.146. The van der Waals surface area contributed by atoms with Crippen molar-refractivity contribution in [1.29, 1.82) is 0 Å². The Hall–Kier alpha value is -2.93. The second-order valence-electron chi connectivity index (χ2n) is 6.40. The highest BCUT2D eigenvalue weighted by Crippen LogP contribution is 2.33. The summed E-state index contributed by atoms with van der Waals surface area (Å²) in [7, 11) is 0. The van der Waals surface area contributed by atoms with Crippen LogP contribution in [0.4, 0.5) is 0 Å². The Kier molecular flexibility index (Phi) is 4.53. The molecule has 2 aromatic rings. The molecule has 0 aliphatic carbocycles. The first-order valence-corrected chi connectivity index (χ1v) is 8.93. The maximum atomic E-state index is 12.8. The summed E-state index contributed by atoms with van der Waals surface area (Å²) in [5, 5.41) is 6.38. The van der Waals surface area contributed by atoms with Crippen LogP contribution in [-0.2, 0) is 14.4 Å². The third-order valence-corrected chi connectivity index (χ3v) is 4.92. The molecule has 2 aliphatic rings. The quantitative estimate of drug-likeness (QED) is 0.757. The van der Waals surface area contributed by atoms with Gasteiger partial charge >= 0.3 is 0 Å². The molecule has 1 saturated heterocycles. The lowest BCUT2D eigenvalue weighted by Crippen LogP contribution is -2.40. The van der Waals surface area contributed by atoms with Gasteiger partial charge in [-0.3, -0.25) is 19.3 Å². The van der Waals surface area contributed by atoms with Gasteiger partial charge in [0, 0.05) is 24.3 Å². The number of carbonyl (C=O) groups excluding carboxylic acids is 3. The van der Waals surface area contributed by atoms with E-state index in [2.05, 4.69) is 5.10 Å². The van der Waals surface area contributed by atoms with E-state index in [-0.39, 0.29) is 31.2 Å². The molecule has 8 heteroatoms. The second kappa shape index (κ2) is 7.00. The zero-order valence-corrected chi connectivity index (χ0v) is 15.1. The summed E-state index contributed by atoms with van der Waals surface area (Å²) in [6, 6.07) is 10.3. The Morgan fingerprint density at radius 3 is 2.48 bits per heavy atom. The van der Waals surface area contributed by atoms with Crippen LogP contribution in [-0.4, -0.2) is 39.9 Å². The fourth-order valence-electron chi connectivity index (χ4n) is 3.27. The highest BCUT2D eigenvalue weighted by Gasteiger charge is 2.38. The van der Waals surface area contributed by atoms with Gasteiger partial charge in [0.15, 0.2) is 0 Å². The Balaban J connectivity index is 1.61. The topological polar surface area (TPSA) is 83.2 Å². The van der Waals surface area contributed by atoms with E-state index in [4.69, 9.17) is 16.0 Å². The van der Waals surface area contributed by atoms with Crippen molar-refractivity contribution >= 4 is 35.0 Å². The average Bonchev–Trinajstić information content (AvgIpc) is 3.38. The van der Waals surface area contributed by atoms with Crippen molar-refractivity contribution in [2.24, 2.45) is 5.10 Å². The molecule has 1 fully saturated rings. The van der Waals surface area contributed by atoms with Crippen LogP contribution in [0.3, 0.4) is 0 Å². The molecular formula is C19H16ClN3O4. The smallest absolute Gasteiger partial charge is 0.263 e. The van der Waals surface area contributed by atoms with E-state index in [0.717, 1.165) is 10.5 Å². The van der Waals surface area contributed by atoms with Crippen LogP contribution < -0.4 is 0 Å². The largest absolute Gasteiger partial charge is 0.467 e. The molecule has 1 aromatic carbocycles. The highest BCUT2D eigenvalue weighted by atomic mass is 35.5. The second-order valence-corrected chi connectivity index (χ2v) is 6.84. The number of imide groups is 1. The molecule has 0 radical (unpaired) electrons. The number of nitrogens with zero attached hydrogens (tertiary/aromatic N) is 3. The fraction of sp³-hybridized carbons (Fsp3) is 0.263.